The van der Waals surface area contributed by atoms with Gasteiger partial charge in [-0.25, -0.2) is 9.78 Å². The number of carboxylic acids is 1. The standard InChI is InChI=1S/C10H11NO2S/c1-2-3-6-14-9-7-8(10(12)13)4-5-11-9/h2-5,7H,6H2,1H3,(H,12,13)/b3-2+. The SMILES string of the molecule is C/C=C/CSc1cc(C(=O)O)ccn1. The molecule has 0 fully saturated rings. The van der Waals surface area contributed by atoms with Crippen molar-refractivity contribution in [1.82, 2.24) is 4.98 Å². The van der Waals surface area contributed by atoms with E-state index in [-0.39, 0.29) is 5.56 Å². The molecule has 0 unspecified atom stereocenters. The Kier molecular flexibility index (Phi) is 4.19. The fraction of sp³-hybridized carbons (Fsp3) is 0.200. The molecule has 0 atom stereocenters. The second-order valence-corrected chi connectivity index (χ2v) is 3.61. The van der Waals surface area contributed by atoms with E-state index >= 15 is 0 Å². The molecule has 1 aromatic heterocycles. The Morgan fingerprint density at radius 2 is 2.50 bits per heavy atom. The Morgan fingerprint density at radius 3 is 3.14 bits per heavy atom. The lowest BCUT2D eigenvalue weighted by atomic mass is 10.3. The maximum atomic E-state index is 10.6. The first-order valence-corrected chi connectivity index (χ1v) is 5.16. The summed E-state index contributed by atoms with van der Waals surface area (Å²) in [7, 11) is 0. The van der Waals surface area contributed by atoms with Gasteiger partial charge < -0.3 is 5.11 Å². The van der Waals surface area contributed by atoms with Gasteiger partial charge in [-0.2, -0.15) is 0 Å². The van der Waals surface area contributed by atoms with E-state index in [9.17, 15) is 4.79 Å². The van der Waals surface area contributed by atoms with Crippen LogP contribution in [0.1, 0.15) is 17.3 Å². The highest BCUT2D eigenvalue weighted by Gasteiger charge is 2.03. The van der Waals surface area contributed by atoms with Gasteiger partial charge in [0.05, 0.1) is 10.6 Å². The topological polar surface area (TPSA) is 50.2 Å². The van der Waals surface area contributed by atoms with Crippen LogP contribution in [0.3, 0.4) is 0 Å². The maximum absolute atomic E-state index is 10.6. The van der Waals surface area contributed by atoms with Gasteiger partial charge in [0.15, 0.2) is 0 Å². The maximum Gasteiger partial charge on any atom is 0.335 e. The molecule has 0 aliphatic carbocycles. The molecule has 3 nitrogen and oxygen atoms in total. The van der Waals surface area contributed by atoms with Gasteiger partial charge in [0.2, 0.25) is 0 Å². The average molecular weight is 209 g/mol. The third-order valence-corrected chi connectivity index (χ3v) is 2.42. The molecule has 1 heterocycles. The molecule has 0 spiro atoms. The second-order valence-electron chi connectivity index (χ2n) is 2.57. The highest BCUT2D eigenvalue weighted by molar-refractivity contribution is 7.99. The van der Waals surface area contributed by atoms with Crippen LogP contribution in [0.25, 0.3) is 0 Å². The number of nitrogens with zero attached hydrogens (tertiary/aromatic N) is 1. The molecule has 4 heteroatoms. The minimum Gasteiger partial charge on any atom is -0.478 e. The van der Waals surface area contributed by atoms with E-state index in [0.717, 1.165) is 10.8 Å². The molecule has 1 aromatic rings. The third-order valence-electron chi connectivity index (χ3n) is 1.54. The van der Waals surface area contributed by atoms with Crippen LogP contribution in [0.2, 0.25) is 0 Å². The molecule has 0 radical (unpaired) electrons. The van der Waals surface area contributed by atoms with Crippen molar-refractivity contribution in [3.05, 3.63) is 36.0 Å². The fourth-order valence-electron chi connectivity index (χ4n) is 0.851. The first-order chi connectivity index (χ1) is 6.74. The van der Waals surface area contributed by atoms with Crippen LogP contribution in [-0.2, 0) is 0 Å². The lowest BCUT2D eigenvalue weighted by molar-refractivity contribution is 0.0696. The van der Waals surface area contributed by atoms with Crippen LogP contribution < -0.4 is 0 Å². The Labute approximate surface area is 86.9 Å². The average Bonchev–Trinajstić information content (AvgIpc) is 2.19. The number of thioether (sulfide) groups is 1. The van der Waals surface area contributed by atoms with Gasteiger partial charge in [-0.05, 0) is 19.1 Å². The van der Waals surface area contributed by atoms with Crippen molar-refractivity contribution < 1.29 is 9.90 Å². The third kappa shape index (κ3) is 3.22. The van der Waals surface area contributed by atoms with Crippen molar-refractivity contribution in [2.24, 2.45) is 0 Å². The van der Waals surface area contributed by atoms with E-state index in [2.05, 4.69) is 4.98 Å². The molecule has 74 valence electrons. The van der Waals surface area contributed by atoms with E-state index in [1.54, 1.807) is 6.07 Å². The first kappa shape index (κ1) is 10.8. The largest absolute Gasteiger partial charge is 0.478 e. The minimum atomic E-state index is -0.916. The van der Waals surface area contributed by atoms with Crippen LogP contribution >= 0.6 is 11.8 Å². The number of carbonyl (C=O) groups is 1. The van der Waals surface area contributed by atoms with Crippen molar-refractivity contribution >= 4 is 17.7 Å². The van der Waals surface area contributed by atoms with E-state index in [0.29, 0.717) is 0 Å². The number of allylic oxidation sites excluding steroid dienone is 1. The Hall–Kier alpha value is -1.29. The normalized spacial score (nSPS) is 10.6. The number of hydrogen-bond acceptors (Lipinski definition) is 3. The number of aromatic nitrogens is 1. The lowest BCUT2D eigenvalue weighted by Gasteiger charge is -1.98. The summed E-state index contributed by atoms with van der Waals surface area (Å²) in [5.74, 6) is -0.104. The van der Waals surface area contributed by atoms with E-state index in [1.165, 1.54) is 24.0 Å². The van der Waals surface area contributed by atoms with Crippen LogP contribution in [0.4, 0.5) is 0 Å². The van der Waals surface area contributed by atoms with Crippen molar-refractivity contribution in [1.29, 1.82) is 0 Å². The number of rotatable bonds is 4. The summed E-state index contributed by atoms with van der Waals surface area (Å²) in [6, 6.07) is 3.07. The van der Waals surface area contributed by atoms with Crippen molar-refractivity contribution in [3.8, 4) is 0 Å². The van der Waals surface area contributed by atoms with E-state index in [4.69, 9.17) is 5.11 Å². The monoisotopic (exact) mass is 209 g/mol. The smallest absolute Gasteiger partial charge is 0.335 e. The summed E-state index contributed by atoms with van der Waals surface area (Å²) in [6.07, 6.45) is 5.47. The van der Waals surface area contributed by atoms with E-state index in [1.807, 2.05) is 19.1 Å². The van der Waals surface area contributed by atoms with Crippen LogP contribution in [-0.4, -0.2) is 21.8 Å². The quantitative estimate of drug-likeness (QED) is 0.611. The number of pyridine rings is 1. The Morgan fingerprint density at radius 1 is 1.71 bits per heavy atom. The second kappa shape index (κ2) is 5.44. The zero-order valence-corrected chi connectivity index (χ0v) is 8.62. The van der Waals surface area contributed by atoms with Gasteiger partial charge in [-0.15, -0.1) is 11.8 Å². The predicted octanol–water partition coefficient (Wildman–Crippen LogP) is 2.45. The summed E-state index contributed by atoms with van der Waals surface area (Å²) in [5.41, 5.74) is 0.281. The summed E-state index contributed by atoms with van der Waals surface area (Å²) in [4.78, 5) is 14.7. The van der Waals surface area contributed by atoms with Crippen LogP contribution in [0.15, 0.2) is 35.5 Å². The molecule has 1 rings (SSSR count). The molecular weight excluding hydrogens is 198 g/mol. The van der Waals surface area contributed by atoms with Gasteiger partial charge in [0.1, 0.15) is 0 Å². The number of carboxylic acid groups (broad SMARTS) is 1. The molecular formula is C10H11NO2S. The van der Waals surface area contributed by atoms with Gasteiger partial charge in [0, 0.05) is 11.9 Å². The zero-order valence-electron chi connectivity index (χ0n) is 7.80. The molecule has 14 heavy (non-hydrogen) atoms. The Balaban J connectivity index is 2.68. The fourth-order valence-corrected chi connectivity index (χ4v) is 1.66. The highest BCUT2D eigenvalue weighted by Crippen LogP contribution is 2.16. The summed E-state index contributed by atoms with van der Waals surface area (Å²) in [6.45, 7) is 1.95. The minimum absolute atomic E-state index is 0.281. The van der Waals surface area contributed by atoms with Gasteiger partial charge in [0.25, 0.3) is 0 Å². The van der Waals surface area contributed by atoms with Crippen molar-refractivity contribution in [2.45, 2.75) is 11.9 Å². The molecule has 0 aliphatic heterocycles. The number of aromatic carboxylic acids is 1. The molecule has 0 amide bonds. The van der Waals surface area contributed by atoms with E-state index < -0.39 is 5.97 Å². The van der Waals surface area contributed by atoms with Crippen LogP contribution in [0.5, 0.6) is 0 Å². The van der Waals surface area contributed by atoms with Crippen molar-refractivity contribution in [2.75, 3.05) is 5.75 Å². The lowest BCUT2D eigenvalue weighted by Crippen LogP contribution is -1.96. The summed E-state index contributed by atoms with van der Waals surface area (Å²) in [5, 5.41) is 9.47. The first-order valence-electron chi connectivity index (χ1n) is 4.17. The van der Waals surface area contributed by atoms with Crippen LogP contribution in [0, 0.1) is 0 Å². The predicted molar refractivity (Wildman–Crippen MR) is 56.7 cm³/mol. The molecule has 0 aliphatic rings. The summed E-state index contributed by atoms with van der Waals surface area (Å²) < 4.78 is 0. The summed E-state index contributed by atoms with van der Waals surface area (Å²) >= 11 is 1.52. The molecule has 0 aromatic carbocycles. The van der Waals surface area contributed by atoms with Gasteiger partial charge in [-0.3, -0.25) is 0 Å². The zero-order chi connectivity index (χ0) is 10.4. The molecule has 0 saturated heterocycles. The number of hydrogen-bond donors (Lipinski definition) is 1. The molecule has 1 N–H and O–H groups in total. The van der Waals surface area contributed by atoms with Gasteiger partial charge in [-0.1, -0.05) is 12.2 Å². The van der Waals surface area contributed by atoms with Gasteiger partial charge >= 0.3 is 5.97 Å². The molecule has 0 bridgehead atoms. The highest BCUT2D eigenvalue weighted by atomic mass is 32.2. The van der Waals surface area contributed by atoms with Crippen molar-refractivity contribution in [3.63, 3.8) is 0 Å². The Bertz CT molecular complexity index is 350. The molecule has 0 saturated carbocycles.